The zero-order valence-electron chi connectivity index (χ0n) is 12.9. The molecule has 0 bridgehead atoms. The number of carbonyl (C=O) groups is 1. The molecule has 0 aliphatic heterocycles. The Hall–Kier alpha value is -1.84. The number of aryl methyl sites for hydroxylation is 1. The van der Waals surface area contributed by atoms with E-state index in [0.717, 1.165) is 29.7 Å². The van der Waals surface area contributed by atoms with Gasteiger partial charge in [-0.05, 0) is 51.2 Å². The summed E-state index contributed by atoms with van der Waals surface area (Å²) in [6.45, 7) is 6.55. The maximum absolute atomic E-state index is 11.6. The van der Waals surface area contributed by atoms with Crippen molar-refractivity contribution < 1.29 is 9.90 Å². The Labute approximate surface area is 124 Å². The molecule has 1 aromatic carbocycles. The lowest BCUT2D eigenvalue weighted by molar-refractivity contribution is 0.0698. The SMILES string of the molecule is CCCc1nc2cccc(C(=O)O)c2n1C(C)(C)C1CC1. The van der Waals surface area contributed by atoms with E-state index in [-0.39, 0.29) is 5.54 Å². The lowest BCUT2D eigenvalue weighted by atomic mass is 9.97. The highest BCUT2D eigenvalue weighted by molar-refractivity contribution is 6.01. The predicted octanol–water partition coefficient (Wildman–Crippen LogP) is 3.83. The molecule has 0 radical (unpaired) electrons. The van der Waals surface area contributed by atoms with Gasteiger partial charge in [0.1, 0.15) is 5.82 Å². The van der Waals surface area contributed by atoms with Crippen molar-refractivity contribution in [1.29, 1.82) is 0 Å². The van der Waals surface area contributed by atoms with Gasteiger partial charge >= 0.3 is 5.97 Å². The molecule has 1 fully saturated rings. The summed E-state index contributed by atoms with van der Waals surface area (Å²) in [5.41, 5.74) is 1.86. The van der Waals surface area contributed by atoms with Gasteiger partial charge in [0.05, 0.1) is 16.6 Å². The number of fused-ring (bicyclic) bond motifs is 1. The number of benzene rings is 1. The molecule has 0 atom stereocenters. The molecule has 0 spiro atoms. The van der Waals surface area contributed by atoms with E-state index < -0.39 is 5.97 Å². The fraction of sp³-hybridized carbons (Fsp3) is 0.529. The van der Waals surface area contributed by atoms with E-state index in [1.807, 2.05) is 6.07 Å². The highest BCUT2D eigenvalue weighted by atomic mass is 16.4. The van der Waals surface area contributed by atoms with Gasteiger partial charge in [0, 0.05) is 12.0 Å². The van der Waals surface area contributed by atoms with Gasteiger partial charge in [0.15, 0.2) is 0 Å². The minimum atomic E-state index is -0.878. The molecule has 21 heavy (non-hydrogen) atoms. The third-order valence-electron chi connectivity index (χ3n) is 4.60. The molecule has 4 nitrogen and oxygen atoms in total. The van der Waals surface area contributed by atoms with Gasteiger partial charge in [-0.15, -0.1) is 0 Å². The van der Waals surface area contributed by atoms with Crippen LogP contribution in [-0.4, -0.2) is 20.6 Å². The van der Waals surface area contributed by atoms with Gasteiger partial charge in [-0.2, -0.15) is 0 Å². The van der Waals surface area contributed by atoms with E-state index in [9.17, 15) is 9.90 Å². The number of carboxylic acids is 1. The second-order valence-corrected chi connectivity index (χ2v) is 6.52. The summed E-state index contributed by atoms with van der Waals surface area (Å²) in [6.07, 6.45) is 4.32. The smallest absolute Gasteiger partial charge is 0.337 e. The van der Waals surface area contributed by atoms with E-state index in [2.05, 4.69) is 25.3 Å². The maximum Gasteiger partial charge on any atom is 0.337 e. The Morgan fingerprint density at radius 3 is 2.71 bits per heavy atom. The highest BCUT2D eigenvalue weighted by Crippen LogP contribution is 2.46. The second-order valence-electron chi connectivity index (χ2n) is 6.52. The molecule has 3 rings (SSSR count). The van der Waals surface area contributed by atoms with Crippen LogP contribution in [0.1, 0.15) is 56.2 Å². The van der Waals surface area contributed by atoms with Gasteiger partial charge in [0.2, 0.25) is 0 Å². The van der Waals surface area contributed by atoms with Crippen LogP contribution in [0.25, 0.3) is 11.0 Å². The molecule has 112 valence electrons. The molecular formula is C17H22N2O2. The summed E-state index contributed by atoms with van der Waals surface area (Å²) in [5, 5.41) is 9.53. The topological polar surface area (TPSA) is 55.1 Å². The molecule has 1 aromatic heterocycles. The van der Waals surface area contributed by atoms with Crippen LogP contribution in [0.15, 0.2) is 18.2 Å². The summed E-state index contributed by atoms with van der Waals surface area (Å²) in [5.74, 6) is 0.752. The molecule has 4 heteroatoms. The molecule has 0 unspecified atom stereocenters. The van der Waals surface area contributed by atoms with Crippen LogP contribution in [0, 0.1) is 5.92 Å². The van der Waals surface area contributed by atoms with Crippen molar-refractivity contribution in [3.05, 3.63) is 29.6 Å². The Balaban J connectivity index is 2.32. The Bertz CT molecular complexity index is 696. The third-order valence-corrected chi connectivity index (χ3v) is 4.60. The number of imidazole rings is 1. The minimum Gasteiger partial charge on any atom is -0.478 e. The van der Waals surface area contributed by atoms with E-state index in [0.29, 0.717) is 11.5 Å². The van der Waals surface area contributed by atoms with Crippen molar-refractivity contribution in [2.45, 2.75) is 52.0 Å². The van der Waals surface area contributed by atoms with Crippen molar-refractivity contribution in [2.75, 3.05) is 0 Å². The second kappa shape index (κ2) is 4.86. The van der Waals surface area contributed by atoms with Gasteiger partial charge in [-0.3, -0.25) is 0 Å². The van der Waals surface area contributed by atoms with Crippen molar-refractivity contribution in [3.63, 3.8) is 0 Å². The number of nitrogens with zero attached hydrogens (tertiary/aromatic N) is 2. The van der Waals surface area contributed by atoms with Gasteiger partial charge in [0.25, 0.3) is 0 Å². The van der Waals surface area contributed by atoms with Crippen LogP contribution >= 0.6 is 0 Å². The molecule has 1 aliphatic carbocycles. The fourth-order valence-corrected chi connectivity index (χ4v) is 3.33. The highest BCUT2D eigenvalue weighted by Gasteiger charge is 2.41. The molecule has 1 heterocycles. The number of carboxylic acid groups (broad SMARTS) is 1. The van der Waals surface area contributed by atoms with Crippen LogP contribution in [0.3, 0.4) is 0 Å². The Kier molecular flexibility index (Phi) is 3.27. The largest absolute Gasteiger partial charge is 0.478 e. The minimum absolute atomic E-state index is 0.0786. The average molecular weight is 286 g/mol. The van der Waals surface area contributed by atoms with Gasteiger partial charge < -0.3 is 9.67 Å². The first-order valence-electron chi connectivity index (χ1n) is 7.71. The maximum atomic E-state index is 11.6. The monoisotopic (exact) mass is 286 g/mol. The Morgan fingerprint density at radius 1 is 1.43 bits per heavy atom. The number of hydrogen-bond donors (Lipinski definition) is 1. The zero-order chi connectivity index (χ0) is 15.2. The fourth-order valence-electron chi connectivity index (χ4n) is 3.33. The third kappa shape index (κ3) is 2.23. The summed E-state index contributed by atoms with van der Waals surface area (Å²) in [4.78, 5) is 16.3. The first-order valence-corrected chi connectivity index (χ1v) is 7.71. The predicted molar refractivity (Wildman–Crippen MR) is 82.7 cm³/mol. The van der Waals surface area contributed by atoms with Gasteiger partial charge in [-0.1, -0.05) is 13.0 Å². The Morgan fingerprint density at radius 2 is 2.14 bits per heavy atom. The summed E-state index contributed by atoms with van der Waals surface area (Å²) in [7, 11) is 0. The first kappa shape index (κ1) is 14.1. The number of hydrogen-bond acceptors (Lipinski definition) is 2. The number of aromatic carboxylic acids is 1. The lowest BCUT2D eigenvalue weighted by Gasteiger charge is -2.30. The van der Waals surface area contributed by atoms with E-state index in [4.69, 9.17) is 4.98 Å². The van der Waals surface area contributed by atoms with E-state index >= 15 is 0 Å². The molecule has 1 N–H and O–H groups in total. The molecule has 2 aromatic rings. The van der Waals surface area contributed by atoms with Crippen molar-refractivity contribution in [3.8, 4) is 0 Å². The van der Waals surface area contributed by atoms with Crippen LogP contribution in [0.4, 0.5) is 0 Å². The van der Waals surface area contributed by atoms with E-state index in [1.54, 1.807) is 12.1 Å². The van der Waals surface area contributed by atoms with E-state index in [1.165, 1.54) is 12.8 Å². The van der Waals surface area contributed by atoms with Crippen LogP contribution < -0.4 is 0 Å². The normalized spacial score (nSPS) is 15.6. The summed E-state index contributed by atoms with van der Waals surface area (Å²) < 4.78 is 2.20. The van der Waals surface area contributed by atoms with Crippen molar-refractivity contribution >= 4 is 17.0 Å². The molecule has 0 saturated heterocycles. The molecule has 0 amide bonds. The first-order chi connectivity index (χ1) is 9.96. The quantitative estimate of drug-likeness (QED) is 0.908. The molecular weight excluding hydrogens is 264 g/mol. The van der Waals surface area contributed by atoms with Gasteiger partial charge in [-0.25, -0.2) is 9.78 Å². The summed E-state index contributed by atoms with van der Waals surface area (Å²) in [6, 6.07) is 5.38. The van der Waals surface area contributed by atoms with Crippen LogP contribution in [0.2, 0.25) is 0 Å². The number of aromatic nitrogens is 2. The summed E-state index contributed by atoms with van der Waals surface area (Å²) >= 11 is 0. The number of para-hydroxylation sites is 1. The lowest BCUT2D eigenvalue weighted by Crippen LogP contribution is -2.31. The molecule has 1 aliphatic rings. The van der Waals surface area contributed by atoms with Crippen molar-refractivity contribution in [2.24, 2.45) is 5.92 Å². The standard InChI is InChI=1S/C17H22N2O2/c1-4-6-14-18-13-8-5-7-12(16(20)21)15(13)19(14)17(2,3)11-9-10-11/h5,7-8,11H,4,6,9-10H2,1-3H3,(H,20,21). The average Bonchev–Trinajstić information content (AvgIpc) is 3.20. The van der Waals surface area contributed by atoms with Crippen molar-refractivity contribution in [1.82, 2.24) is 9.55 Å². The zero-order valence-corrected chi connectivity index (χ0v) is 12.9. The molecule has 1 saturated carbocycles. The number of rotatable bonds is 5. The van der Waals surface area contributed by atoms with Crippen LogP contribution in [0.5, 0.6) is 0 Å². The van der Waals surface area contributed by atoms with Crippen LogP contribution in [-0.2, 0) is 12.0 Å².